The summed E-state index contributed by atoms with van der Waals surface area (Å²) in [5.41, 5.74) is 0.859. The largest absolute Gasteiger partial charge is 0.387 e. The quantitative estimate of drug-likeness (QED) is 0.755. The Kier molecular flexibility index (Phi) is 6.33. The van der Waals surface area contributed by atoms with Crippen LogP contribution in [0.4, 0.5) is 4.79 Å². The van der Waals surface area contributed by atoms with Gasteiger partial charge < -0.3 is 15.7 Å². The highest BCUT2D eigenvalue weighted by Gasteiger charge is 2.13. The number of hydrogen-bond donors (Lipinski definition) is 3. The van der Waals surface area contributed by atoms with E-state index in [1.165, 1.54) is 32.1 Å². The summed E-state index contributed by atoms with van der Waals surface area (Å²) in [6, 6.07) is 1.69. The first-order valence-corrected chi connectivity index (χ1v) is 8.42. The van der Waals surface area contributed by atoms with Crippen LogP contribution in [0.2, 0.25) is 0 Å². The zero-order valence-corrected chi connectivity index (χ0v) is 12.6. The van der Waals surface area contributed by atoms with Crippen molar-refractivity contribution in [2.24, 2.45) is 5.92 Å². The molecule has 1 fully saturated rings. The van der Waals surface area contributed by atoms with Gasteiger partial charge in [-0.1, -0.05) is 32.1 Å². The predicted octanol–water partition coefficient (Wildman–Crippen LogP) is 3.05. The van der Waals surface area contributed by atoms with Crippen LogP contribution < -0.4 is 10.6 Å². The van der Waals surface area contributed by atoms with Gasteiger partial charge in [0.25, 0.3) is 0 Å². The van der Waals surface area contributed by atoms with Gasteiger partial charge in [-0.15, -0.1) is 0 Å². The average molecular weight is 296 g/mol. The van der Waals surface area contributed by atoms with E-state index in [1.807, 2.05) is 16.8 Å². The van der Waals surface area contributed by atoms with Crippen LogP contribution in [0, 0.1) is 5.92 Å². The van der Waals surface area contributed by atoms with Crippen LogP contribution in [0.1, 0.15) is 50.2 Å². The number of aliphatic hydroxyl groups is 1. The van der Waals surface area contributed by atoms with Crippen molar-refractivity contribution in [3.63, 3.8) is 0 Å². The predicted molar refractivity (Wildman–Crippen MR) is 81.9 cm³/mol. The highest BCUT2D eigenvalue weighted by atomic mass is 32.1. The fourth-order valence-corrected chi connectivity index (χ4v) is 3.41. The molecule has 1 aromatic rings. The lowest BCUT2D eigenvalue weighted by atomic mass is 9.87. The molecule has 0 bridgehead atoms. The van der Waals surface area contributed by atoms with Crippen molar-refractivity contribution in [1.82, 2.24) is 10.6 Å². The third kappa shape index (κ3) is 5.13. The van der Waals surface area contributed by atoms with Crippen LogP contribution in [0.3, 0.4) is 0 Å². The van der Waals surface area contributed by atoms with Gasteiger partial charge >= 0.3 is 6.03 Å². The van der Waals surface area contributed by atoms with Gasteiger partial charge in [0, 0.05) is 13.1 Å². The summed E-state index contributed by atoms with van der Waals surface area (Å²) in [5, 5.41) is 19.3. The Morgan fingerprint density at radius 2 is 2.15 bits per heavy atom. The zero-order chi connectivity index (χ0) is 14.2. The molecule has 0 aliphatic heterocycles. The Balaban J connectivity index is 1.56. The molecule has 1 atom stereocenters. The SMILES string of the molecule is O=C(NCCC1CCCCC1)NCC(O)c1ccsc1. The minimum atomic E-state index is -0.620. The number of amides is 2. The van der Waals surface area contributed by atoms with Crippen LogP contribution in [0.15, 0.2) is 16.8 Å². The Hall–Kier alpha value is -1.07. The standard InChI is InChI=1S/C15H24N2O2S/c18-14(13-7-9-20-11-13)10-17-15(19)16-8-6-12-4-2-1-3-5-12/h7,9,11-12,14,18H,1-6,8,10H2,(H2,16,17,19). The third-order valence-electron chi connectivity index (χ3n) is 3.95. The molecule has 5 heteroatoms. The Bertz CT molecular complexity index is 389. The van der Waals surface area contributed by atoms with E-state index in [2.05, 4.69) is 10.6 Å². The molecule has 1 unspecified atom stereocenters. The van der Waals surface area contributed by atoms with Crippen molar-refractivity contribution in [3.05, 3.63) is 22.4 Å². The van der Waals surface area contributed by atoms with E-state index in [1.54, 1.807) is 11.3 Å². The fourth-order valence-electron chi connectivity index (χ4n) is 2.70. The second kappa shape index (κ2) is 8.27. The smallest absolute Gasteiger partial charge is 0.314 e. The van der Waals surface area contributed by atoms with E-state index >= 15 is 0 Å². The van der Waals surface area contributed by atoms with E-state index in [0.29, 0.717) is 0 Å². The van der Waals surface area contributed by atoms with Gasteiger partial charge in [-0.05, 0) is 34.7 Å². The molecule has 0 radical (unpaired) electrons. The summed E-state index contributed by atoms with van der Waals surface area (Å²) in [7, 11) is 0. The molecule has 2 rings (SSSR count). The molecular formula is C15H24N2O2S. The average Bonchev–Trinajstić information content (AvgIpc) is 3.00. The summed E-state index contributed by atoms with van der Waals surface area (Å²) >= 11 is 1.54. The van der Waals surface area contributed by atoms with Gasteiger partial charge in [0.15, 0.2) is 0 Å². The van der Waals surface area contributed by atoms with Crippen LogP contribution in [-0.4, -0.2) is 24.2 Å². The fraction of sp³-hybridized carbons (Fsp3) is 0.667. The maximum atomic E-state index is 11.6. The van der Waals surface area contributed by atoms with Gasteiger partial charge in [0.05, 0.1) is 6.10 Å². The number of thiophene rings is 1. The number of aliphatic hydroxyl groups excluding tert-OH is 1. The summed E-state index contributed by atoms with van der Waals surface area (Å²) in [5.74, 6) is 0.778. The number of rotatable bonds is 6. The van der Waals surface area contributed by atoms with Gasteiger partial charge in [0.2, 0.25) is 0 Å². The lowest BCUT2D eigenvalue weighted by Crippen LogP contribution is -2.38. The van der Waals surface area contributed by atoms with E-state index < -0.39 is 6.10 Å². The van der Waals surface area contributed by atoms with E-state index in [-0.39, 0.29) is 12.6 Å². The number of nitrogens with one attached hydrogen (secondary N) is 2. The molecule has 1 heterocycles. The maximum absolute atomic E-state index is 11.6. The van der Waals surface area contributed by atoms with E-state index in [4.69, 9.17) is 0 Å². The molecule has 0 aromatic carbocycles. The minimum absolute atomic E-state index is 0.185. The molecule has 20 heavy (non-hydrogen) atoms. The molecule has 3 N–H and O–H groups in total. The van der Waals surface area contributed by atoms with E-state index in [9.17, 15) is 9.90 Å². The Morgan fingerprint density at radius 1 is 1.35 bits per heavy atom. The first-order valence-electron chi connectivity index (χ1n) is 7.47. The van der Waals surface area contributed by atoms with Gasteiger partial charge in [-0.25, -0.2) is 4.79 Å². The molecule has 0 spiro atoms. The third-order valence-corrected chi connectivity index (χ3v) is 4.65. The second-order valence-corrected chi connectivity index (χ2v) is 6.28. The molecule has 1 aromatic heterocycles. The van der Waals surface area contributed by atoms with Crippen LogP contribution in [0.5, 0.6) is 0 Å². The minimum Gasteiger partial charge on any atom is -0.387 e. The van der Waals surface area contributed by atoms with Gasteiger partial charge in [0.1, 0.15) is 0 Å². The summed E-state index contributed by atoms with van der Waals surface area (Å²) in [6.45, 7) is 0.983. The van der Waals surface area contributed by atoms with Crippen molar-refractivity contribution in [2.75, 3.05) is 13.1 Å². The van der Waals surface area contributed by atoms with Gasteiger partial charge in [-0.2, -0.15) is 11.3 Å². The lowest BCUT2D eigenvalue weighted by molar-refractivity contribution is 0.173. The van der Waals surface area contributed by atoms with Crippen molar-refractivity contribution >= 4 is 17.4 Å². The number of urea groups is 1. The highest BCUT2D eigenvalue weighted by molar-refractivity contribution is 7.07. The first kappa shape index (κ1) is 15.3. The van der Waals surface area contributed by atoms with Crippen molar-refractivity contribution < 1.29 is 9.90 Å². The molecule has 2 amide bonds. The molecule has 4 nitrogen and oxygen atoms in total. The number of carbonyl (C=O) groups is 1. The van der Waals surface area contributed by atoms with Crippen molar-refractivity contribution in [2.45, 2.75) is 44.6 Å². The number of carbonyl (C=O) groups excluding carboxylic acids is 1. The molecular weight excluding hydrogens is 272 g/mol. The molecule has 112 valence electrons. The summed E-state index contributed by atoms with van der Waals surface area (Å²) in [4.78, 5) is 11.6. The van der Waals surface area contributed by atoms with Crippen molar-refractivity contribution in [3.8, 4) is 0 Å². The normalized spacial score (nSPS) is 17.6. The molecule has 0 saturated heterocycles. The number of hydrogen-bond acceptors (Lipinski definition) is 3. The highest BCUT2D eigenvalue weighted by Crippen LogP contribution is 2.25. The Morgan fingerprint density at radius 3 is 2.85 bits per heavy atom. The van der Waals surface area contributed by atoms with Crippen LogP contribution in [0.25, 0.3) is 0 Å². The molecule has 1 saturated carbocycles. The summed E-state index contributed by atoms with van der Waals surface area (Å²) < 4.78 is 0. The zero-order valence-electron chi connectivity index (χ0n) is 11.8. The second-order valence-electron chi connectivity index (χ2n) is 5.50. The van der Waals surface area contributed by atoms with Crippen LogP contribution in [-0.2, 0) is 0 Å². The molecule has 1 aliphatic rings. The Labute approximate surface area is 124 Å². The first-order chi connectivity index (χ1) is 9.75. The summed E-state index contributed by atoms with van der Waals surface area (Å²) in [6.07, 6.45) is 7.10. The van der Waals surface area contributed by atoms with E-state index in [0.717, 1.165) is 24.4 Å². The van der Waals surface area contributed by atoms with Crippen molar-refractivity contribution in [1.29, 1.82) is 0 Å². The van der Waals surface area contributed by atoms with Crippen LogP contribution >= 0.6 is 11.3 Å². The topological polar surface area (TPSA) is 61.4 Å². The lowest BCUT2D eigenvalue weighted by Gasteiger charge is -2.21. The van der Waals surface area contributed by atoms with Gasteiger partial charge in [-0.3, -0.25) is 0 Å². The molecule has 1 aliphatic carbocycles. The maximum Gasteiger partial charge on any atom is 0.314 e. The monoisotopic (exact) mass is 296 g/mol.